The quantitative estimate of drug-likeness (QED) is 0.577. The summed E-state index contributed by atoms with van der Waals surface area (Å²) in [5.74, 6) is -1.32. The van der Waals surface area contributed by atoms with Crippen LogP contribution in [0, 0.1) is 10.1 Å². The fraction of sp³-hybridized carbons (Fsp3) is 0. The zero-order valence-electron chi connectivity index (χ0n) is 10.2. The molecule has 9 heteroatoms. The van der Waals surface area contributed by atoms with Crippen LogP contribution < -0.4 is 5.32 Å². The van der Waals surface area contributed by atoms with Gasteiger partial charge in [-0.1, -0.05) is 6.07 Å². The van der Waals surface area contributed by atoms with Gasteiger partial charge in [0.1, 0.15) is 0 Å². The lowest BCUT2D eigenvalue weighted by Crippen LogP contribution is -2.04. The number of rotatable bonds is 4. The number of nitro groups is 1. The third-order valence-corrected chi connectivity index (χ3v) is 3.84. The van der Waals surface area contributed by atoms with E-state index in [1.165, 1.54) is 0 Å². The third kappa shape index (κ3) is 3.37. The van der Waals surface area contributed by atoms with Crippen LogP contribution in [0.1, 0.15) is 10.4 Å². The van der Waals surface area contributed by atoms with Crippen molar-refractivity contribution in [2.75, 3.05) is 5.32 Å². The van der Waals surface area contributed by atoms with E-state index in [4.69, 9.17) is 5.11 Å². The predicted molar refractivity (Wildman–Crippen MR) is 83.0 cm³/mol. The lowest BCUT2D eigenvalue weighted by atomic mass is 10.2. The molecular formula is C12H7Br2N3O4. The van der Waals surface area contributed by atoms with Crippen molar-refractivity contribution in [3.63, 3.8) is 0 Å². The fourth-order valence-corrected chi connectivity index (χ4v) is 2.74. The normalized spacial score (nSPS) is 10.2. The molecule has 1 heterocycles. The minimum absolute atomic E-state index is 0.0439. The van der Waals surface area contributed by atoms with Gasteiger partial charge < -0.3 is 10.4 Å². The highest BCUT2D eigenvalue weighted by Crippen LogP contribution is 2.35. The Morgan fingerprint density at radius 3 is 2.48 bits per heavy atom. The van der Waals surface area contributed by atoms with Crippen LogP contribution in [0.15, 0.2) is 39.4 Å². The van der Waals surface area contributed by atoms with E-state index in [1.54, 1.807) is 18.2 Å². The van der Waals surface area contributed by atoms with E-state index >= 15 is 0 Å². The Kier molecular flexibility index (Phi) is 4.53. The number of carbonyl (C=O) groups is 1. The molecule has 108 valence electrons. The summed E-state index contributed by atoms with van der Waals surface area (Å²) in [5, 5.41) is 22.7. The topological polar surface area (TPSA) is 105 Å². The summed E-state index contributed by atoms with van der Waals surface area (Å²) in [6, 6.07) is 6.26. The van der Waals surface area contributed by atoms with Crippen molar-refractivity contribution in [1.82, 2.24) is 4.98 Å². The molecule has 0 fully saturated rings. The summed E-state index contributed by atoms with van der Waals surface area (Å²) in [7, 11) is 0. The molecule has 0 bridgehead atoms. The number of hydrogen-bond donors (Lipinski definition) is 2. The van der Waals surface area contributed by atoms with Crippen LogP contribution in [0.3, 0.4) is 0 Å². The van der Waals surface area contributed by atoms with E-state index in [1.807, 2.05) is 0 Å². The fourth-order valence-electron chi connectivity index (χ4n) is 1.54. The van der Waals surface area contributed by atoms with Gasteiger partial charge in [0, 0.05) is 21.2 Å². The molecule has 0 aliphatic heterocycles. The molecule has 0 aliphatic rings. The Hall–Kier alpha value is -2.00. The number of nitrogens with one attached hydrogen (secondary N) is 1. The molecular weight excluding hydrogens is 410 g/mol. The molecule has 0 atom stereocenters. The number of aromatic carboxylic acids is 1. The summed E-state index contributed by atoms with van der Waals surface area (Å²) in [4.78, 5) is 25.1. The molecule has 2 rings (SSSR count). The number of benzene rings is 1. The lowest BCUT2D eigenvalue weighted by Gasteiger charge is -2.10. The van der Waals surface area contributed by atoms with Crippen LogP contribution in [0.4, 0.5) is 17.2 Å². The molecule has 2 aromatic rings. The van der Waals surface area contributed by atoms with E-state index in [2.05, 4.69) is 42.2 Å². The number of carboxylic acids is 1. The standard InChI is InChI=1S/C12H7Br2N3O4/c13-7-2-1-3-8(14)10(7)16-11-9(17(20)21)4-6(5-15-11)12(18)19/h1-5H,(H,15,16)(H,18,19). The van der Waals surface area contributed by atoms with Crippen molar-refractivity contribution in [2.45, 2.75) is 0 Å². The van der Waals surface area contributed by atoms with Gasteiger partial charge in [-0.15, -0.1) is 0 Å². The highest BCUT2D eigenvalue weighted by Gasteiger charge is 2.20. The van der Waals surface area contributed by atoms with Gasteiger partial charge in [-0.05, 0) is 44.0 Å². The monoisotopic (exact) mass is 415 g/mol. The second-order valence-electron chi connectivity index (χ2n) is 3.88. The summed E-state index contributed by atoms with van der Waals surface area (Å²) >= 11 is 6.64. The molecule has 0 aliphatic carbocycles. The van der Waals surface area contributed by atoms with Crippen molar-refractivity contribution in [3.8, 4) is 0 Å². The van der Waals surface area contributed by atoms with E-state index in [9.17, 15) is 14.9 Å². The highest BCUT2D eigenvalue weighted by atomic mass is 79.9. The zero-order valence-corrected chi connectivity index (χ0v) is 13.4. The minimum Gasteiger partial charge on any atom is -0.478 e. The smallest absolute Gasteiger partial charge is 0.337 e. The Balaban J connectivity index is 2.49. The van der Waals surface area contributed by atoms with Crippen LogP contribution in [0.5, 0.6) is 0 Å². The summed E-state index contributed by atoms with van der Waals surface area (Å²) in [6.45, 7) is 0. The van der Waals surface area contributed by atoms with Gasteiger partial charge >= 0.3 is 11.7 Å². The Bertz CT molecular complexity index is 716. The summed E-state index contributed by atoms with van der Waals surface area (Å²) in [6.07, 6.45) is 1.06. The minimum atomic E-state index is -1.28. The lowest BCUT2D eigenvalue weighted by molar-refractivity contribution is -0.384. The van der Waals surface area contributed by atoms with E-state index < -0.39 is 16.6 Å². The van der Waals surface area contributed by atoms with Crippen molar-refractivity contribution in [1.29, 1.82) is 0 Å². The average molecular weight is 417 g/mol. The number of nitrogens with zero attached hydrogens (tertiary/aromatic N) is 2. The van der Waals surface area contributed by atoms with E-state index in [-0.39, 0.29) is 11.4 Å². The number of para-hydroxylation sites is 1. The molecule has 1 aromatic heterocycles. The van der Waals surface area contributed by atoms with Gasteiger partial charge in [-0.3, -0.25) is 10.1 Å². The predicted octanol–water partition coefficient (Wildman–Crippen LogP) is 3.96. The Morgan fingerprint density at radius 2 is 1.95 bits per heavy atom. The third-order valence-electron chi connectivity index (χ3n) is 2.52. The molecule has 0 radical (unpaired) electrons. The summed E-state index contributed by atoms with van der Waals surface area (Å²) in [5.41, 5.74) is -0.118. The molecule has 21 heavy (non-hydrogen) atoms. The molecule has 0 amide bonds. The maximum atomic E-state index is 11.1. The first-order valence-corrected chi connectivity index (χ1v) is 7.07. The molecule has 0 spiro atoms. The van der Waals surface area contributed by atoms with Crippen molar-refractivity contribution in [2.24, 2.45) is 0 Å². The number of pyridine rings is 1. The first kappa shape index (κ1) is 15.4. The molecule has 0 saturated carbocycles. The number of aromatic nitrogens is 1. The Morgan fingerprint density at radius 1 is 1.33 bits per heavy atom. The van der Waals surface area contributed by atoms with Crippen molar-refractivity contribution >= 4 is 55.0 Å². The largest absolute Gasteiger partial charge is 0.478 e. The van der Waals surface area contributed by atoms with Crippen LogP contribution in [-0.4, -0.2) is 21.0 Å². The average Bonchev–Trinajstić information content (AvgIpc) is 2.42. The first-order chi connectivity index (χ1) is 9.90. The second kappa shape index (κ2) is 6.19. The van der Waals surface area contributed by atoms with Crippen molar-refractivity contribution < 1.29 is 14.8 Å². The van der Waals surface area contributed by atoms with Gasteiger partial charge in [0.2, 0.25) is 5.82 Å². The number of halogens is 2. The SMILES string of the molecule is O=C(O)c1cnc(Nc2c(Br)cccc2Br)c([N+](=O)[O-])c1. The van der Waals surface area contributed by atoms with E-state index in [0.717, 1.165) is 12.3 Å². The van der Waals surface area contributed by atoms with Gasteiger partial charge in [0.15, 0.2) is 0 Å². The van der Waals surface area contributed by atoms with Crippen molar-refractivity contribution in [3.05, 3.63) is 55.1 Å². The maximum absolute atomic E-state index is 11.1. The highest BCUT2D eigenvalue weighted by molar-refractivity contribution is 9.11. The zero-order chi connectivity index (χ0) is 15.6. The molecule has 0 unspecified atom stereocenters. The van der Waals surface area contributed by atoms with Crippen LogP contribution in [0.25, 0.3) is 0 Å². The van der Waals surface area contributed by atoms with Crippen LogP contribution in [-0.2, 0) is 0 Å². The van der Waals surface area contributed by atoms with Gasteiger partial charge in [0.05, 0.1) is 16.2 Å². The molecule has 1 aromatic carbocycles. The van der Waals surface area contributed by atoms with E-state index in [0.29, 0.717) is 14.6 Å². The molecule has 7 nitrogen and oxygen atoms in total. The maximum Gasteiger partial charge on any atom is 0.337 e. The van der Waals surface area contributed by atoms with Crippen LogP contribution >= 0.6 is 31.9 Å². The molecule has 2 N–H and O–H groups in total. The van der Waals surface area contributed by atoms with Gasteiger partial charge in [0.25, 0.3) is 0 Å². The number of hydrogen-bond acceptors (Lipinski definition) is 5. The summed E-state index contributed by atoms with van der Waals surface area (Å²) < 4.78 is 1.35. The van der Waals surface area contributed by atoms with Crippen LogP contribution in [0.2, 0.25) is 0 Å². The number of carboxylic acid groups (broad SMARTS) is 1. The second-order valence-corrected chi connectivity index (χ2v) is 5.58. The molecule has 0 saturated heterocycles. The van der Waals surface area contributed by atoms with Gasteiger partial charge in [-0.25, -0.2) is 9.78 Å². The van der Waals surface area contributed by atoms with Gasteiger partial charge in [-0.2, -0.15) is 0 Å². The first-order valence-electron chi connectivity index (χ1n) is 5.49. The number of anilines is 2. The Labute approximate surface area is 135 Å².